The van der Waals surface area contributed by atoms with Crippen LogP contribution in [0, 0.1) is 6.92 Å². The van der Waals surface area contributed by atoms with Gasteiger partial charge < -0.3 is 4.74 Å². The van der Waals surface area contributed by atoms with Crippen LogP contribution in [0.4, 0.5) is 0 Å². The van der Waals surface area contributed by atoms with E-state index in [-0.39, 0.29) is 6.61 Å². The minimum atomic E-state index is -0.438. The zero-order valence-electron chi connectivity index (χ0n) is 11.2. The maximum absolute atomic E-state index is 11.6. The highest BCUT2D eigenvalue weighted by Crippen LogP contribution is 2.08. The Hall–Kier alpha value is -1.65. The van der Waals surface area contributed by atoms with Crippen molar-refractivity contribution in [3.8, 4) is 0 Å². The first kappa shape index (κ1) is 14.4. The van der Waals surface area contributed by atoms with E-state index in [0.717, 1.165) is 18.7 Å². The fourth-order valence-corrected chi connectivity index (χ4v) is 1.65. The molecule has 5 heteroatoms. The molecule has 100 valence electrons. The molecule has 0 aromatic carbocycles. The molecule has 0 fully saturated rings. The van der Waals surface area contributed by atoms with Crippen LogP contribution in [-0.4, -0.2) is 27.6 Å². The predicted octanol–water partition coefficient (Wildman–Crippen LogP) is 2.51. The van der Waals surface area contributed by atoms with Crippen LogP contribution in [0.3, 0.4) is 0 Å². The second-order valence-corrected chi connectivity index (χ2v) is 4.19. The third kappa shape index (κ3) is 3.98. The summed E-state index contributed by atoms with van der Waals surface area (Å²) in [4.78, 5) is 11.6. The van der Waals surface area contributed by atoms with E-state index in [1.54, 1.807) is 4.68 Å². The number of hydrogen-bond donors (Lipinski definition) is 0. The molecule has 0 amide bonds. The summed E-state index contributed by atoms with van der Waals surface area (Å²) in [7, 11) is 0. The van der Waals surface area contributed by atoms with Gasteiger partial charge >= 0.3 is 5.97 Å². The molecule has 0 spiro atoms. The summed E-state index contributed by atoms with van der Waals surface area (Å²) in [5, 5.41) is 7.85. The molecule has 5 nitrogen and oxygen atoms in total. The van der Waals surface area contributed by atoms with Gasteiger partial charge in [-0.15, -0.1) is 5.10 Å². The number of carbonyl (C=O) groups is 1. The number of carbonyl (C=O) groups excluding carboxylic acids is 1. The summed E-state index contributed by atoms with van der Waals surface area (Å²) in [6.07, 6.45) is 6.19. The first-order chi connectivity index (χ1) is 8.70. The van der Waals surface area contributed by atoms with Gasteiger partial charge in [0.1, 0.15) is 6.61 Å². The van der Waals surface area contributed by atoms with Crippen molar-refractivity contribution in [3.05, 3.63) is 24.0 Å². The third-order valence-corrected chi connectivity index (χ3v) is 2.73. The lowest BCUT2D eigenvalue weighted by atomic mass is 10.2. The Kier molecular flexibility index (Phi) is 6.11. The molecule has 1 heterocycles. The van der Waals surface area contributed by atoms with Crippen molar-refractivity contribution < 1.29 is 9.53 Å². The second kappa shape index (κ2) is 7.63. The number of rotatable bonds is 8. The number of aromatic nitrogens is 3. The normalized spacial score (nSPS) is 10.3. The van der Waals surface area contributed by atoms with Gasteiger partial charge in [0.15, 0.2) is 5.69 Å². The monoisotopic (exact) mass is 251 g/mol. The van der Waals surface area contributed by atoms with Crippen LogP contribution in [0.5, 0.6) is 0 Å². The van der Waals surface area contributed by atoms with Gasteiger partial charge in [-0.2, -0.15) is 0 Å². The SMILES string of the molecule is C=CCOC(=O)c1nnn(CCCCCC)c1C. The zero-order valence-corrected chi connectivity index (χ0v) is 11.2. The minimum Gasteiger partial charge on any atom is -0.457 e. The minimum absolute atomic E-state index is 0.196. The molecule has 0 aliphatic carbocycles. The first-order valence-electron chi connectivity index (χ1n) is 6.38. The molecule has 1 rings (SSSR count). The van der Waals surface area contributed by atoms with Crippen molar-refractivity contribution in [2.45, 2.75) is 46.1 Å². The summed E-state index contributed by atoms with van der Waals surface area (Å²) in [6, 6.07) is 0. The number of aryl methyl sites for hydroxylation is 1. The van der Waals surface area contributed by atoms with Crippen LogP contribution in [0.25, 0.3) is 0 Å². The fourth-order valence-electron chi connectivity index (χ4n) is 1.65. The quantitative estimate of drug-likeness (QED) is 0.404. The van der Waals surface area contributed by atoms with E-state index < -0.39 is 5.97 Å². The van der Waals surface area contributed by atoms with Crippen LogP contribution in [0.1, 0.15) is 48.8 Å². The lowest BCUT2D eigenvalue weighted by molar-refractivity contribution is 0.0542. The Morgan fingerprint density at radius 3 is 2.89 bits per heavy atom. The third-order valence-electron chi connectivity index (χ3n) is 2.73. The van der Waals surface area contributed by atoms with Gasteiger partial charge in [-0.05, 0) is 13.3 Å². The Morgan fingerprint density at radius 1 is 1.44 bits per heavy atom. The largest absolute Gasteiger partial charge is 0.457 e. The van der Waals surface area contributed by atoms with Gasteiger partial charge in [0.25, 0.3) is 0 Å². The maximum atomic E-state index is 11.6. The van der Waals surface area contributed by atoms with Crippen molar-refractivity contribution in [2.24, 2.45) is 0 Å². The molecule has 0 aliphatic heterocycles. The number of nitrogens with zero attached hydrogens (tertiary/aromatic N) is 3. The molecule has 0 saturated heterocycles. The van der Waals surface area contributed by atoms with Crippen LogP contribution >= 0.6 is 0 Å². The van der Waals surface area contributed by atoms with Crippen molar-refractivity contribution in [2.75, 3.05) is 6.61 Å². The van der Waals surface area contributed by atoms with Crippen LogP contribution in [0.15, 0.2) is 12.7 Å². The standard InChI is InChI=1S/C13H21N3O2/c1-4-6-7-8-9-16-11(3)12(14-15-16)13(17)18-10-5-2/h5H,2,4,6-10H2,1,3H3. The molecular formula is C13H21N3O2. The number of hydrogen-bond acceptors (Lipinski definition) is 4. The van der Waals surface area contributed by atoms with Gasteiger partial charge in [0, 0.05) is 6.54 Å². The van der Waals surface area contributed by atoms with E-state index in [1.807, 2.05) is 6.92 Å². The average Bonchev–Trinajstić information content (AvgIpc) is 2.73. The lowest BCUT2D eigenvalue weighted by Crippen LogP contribution is -2.08. The molecule has 1 aromatic rings. The Bertz CT molecular complexity index is 399. The highest BCUT2D eigenvalue weighted by atomic mass is 16.5. The van der Waals surface area contributed by atoms with E-state index in [1.165, 1.54) is 25.3 Å². The van der Waals surface area contributed by atoms with E-state index >= 15 is 0 Å². The van der Waals surface area contributed by atoms with Gasteiger partial charge in [0.2, 0.25) is 0 Å². The van der Waals surface area contributed by atoms with E-state index in [0.29, 0.717) is 5.69 Å². The van der Waals surface area contributed by atoms with Gasteiger partial charge in [-0.3, -0.25) is 0 Å². The number of ether oxygens (including phenoxy) is 1. The van der Waals surface area contributed by atoms with E-state index in [9.17, 15) is 4.79 Å². The molecule has 0 saturated carbocycles. The molecule has 0 unspecified atom stereocenters. The van der Waals surface area contributed by atoms with Crippen molar-refractivity contribution >= 4 is 5.97 Å². The van der Waals surface area contributed by atoms with Crippen LogP contribution in [-0.2, 0) is 11.3 Å². The number of unbranched alkanes of at least 4 members (excludes halogenated alkanes) is 3. The molecular weight excluding hydrogens is 230 g/mol. The van der Waals surface area contributed by atoms with Gasteiger partial charge in [0.05, 0.1) is 5.69 Å². The fraction of sp³-hybridized carbons (Fsp3) is 0.615. The Labute approximate surface area is 108 Å². The maximum Gasteiger partial charge on any atom is 0.361 e. The van der Waals surface area contributed by atoms with Gasteiger partial charge in [-0.1, -0.05) is 44.1 Å². The average molecular weight is 251 g/mol. The molecule has 0 bridgehead atoms. The molecule has 0 N–H and O–H groups in total. The van der Waals surface area contributed by atoms with Crippen molar-refractivity contribution in [1.29, 1.82) is 0 Å². The Morgan fingerprint density at radius 2 is 2.22 bits per heavy atom. The van der Waals surface area contributed by atoms with Crippen molar-refractivity contribution in [1.82, 2.24) is 15.0 Å². The Balaban J connectivity index is 2.54. The molecule has 1 aromatic heterocycles. The molecule has 0 aliphatic rings. The van der Waals surface area contributed by atoms with Crippen LogP contribution < -0.4 is 0 Å². The summed E-state index contributed by atoms with van der Waals surface area (Å²) >= 11 is 0. The molecule has 0 radical (unpaired) electrons. The van der Waals surface area contributed by atoms with E-state index in [2.05, 4.69) is 23.8 Å². The zero-order chi connectivity index (χ0) is 13.4. The van der Waals surface area contributed by atoms with Crippen LogP contribution in [0.2, 0.25) is 0 Å². The first-order valence-corrected chi connectivity index (χ1v) is 6.38. The predicted molar refractivity (Wildman–Crippen MR) is 69.4 cm³/mol. The summed E-state index contributed by atoms with van der Waals surface area (Å²) in [6.45, 7) is 8.50. The van der Waals surface area contributed by atoms with E-state index in [4.69, 9.17) is 4.74 Å². The highest BCUT2D eigenvalue weighted by molar-refractivity contribution is 5.88. The number of esters is 1. The topological polar surface area (TPSA) is 57.0 Å². The lowest BCUT2D eigenvalue weighted by Gasteiger charge is -2.03. The second-order valence-electron chi connectivity index (χ2n) is 4.19. The van der Waals surface area contributed by atoms with Gasteiger partial charge in [-0.25, -0.2) is 9.48 Å². The summed E-state index contributed by atoms with van der Waals surface area (Å²) in [5.41, 5.74) is 1.06. The smallest absolute Gasteiger partial charge is 0.361 e. The van der Waals surface area contributed by atoms with Crippen molar-refractivity contribution in [3.63, 3.8) is 0 Å². The summed E-state index contributed by atoms with van der Waals surface area (Å²) < 4.78 is 6.71. The molecule has 0 atom stereocenters. The highest BCUT2D eigenvalue weighted by Gasteiger charge is 2.17. The summed E-state index contributed by atoms with van der Waals surface area (Å²) in [5.74, 6) is -0.438. The molecule has 18 heavy (non-hydrogen) atoms.